The number of halogens is 3. The van der Waals surface area contributed by atoms with Crippen LogP contribution in [0.5, 0.6) is 0 Å². The van der Waals surface area contributed by atoms with E-state index in [-0.39, 0.29) is 0 Å². The van der Waals surface area contributed by atoms with Crippen molar-refractivity contribution in [2.45, 2.75) is 32.4 Å². The fourth-order valence-electron chi connectivity index (χ4n) is 3.38. The molecule has 1 aromatic carbocycles. The molecule has 0 radical (unpaired) electrons. The summed E-state index contributed by atoms with van der Waals surface area (Å²) < 4.78 is 41.9. The number of hydrogen-bond acceptors (Lipinski definition) is 3. The van der Waals surface area contributed by atoms with Gasteiger partial charge in [0.15, 0.2) is 5.69 Å². The standard InChI is InChI=1S/C19H23F3N4O/c1-14-7-3-4-8-16(14)26-17(19(20,21)22)15(13-24-26)18(27)23-9-12-25-10-5-2-6-11-25/h3-4,7-8,13H,2,5-6,9-12H2,1H3,(H,23,27). The third-order valence-corrected chi connectivity index (χ3v) is 4.79. The molecular formula is C19H23F3N4O. The van der Waals surface area contributed by atoms with Crippen LogP contribution in [0.4, 0.5) is 13.2 Å². The molecule has 1 aliphatic heterocycles. The number of carbonyl (C=O) groups excluding carboxylic acids is 1. The van der Waals surface area contributed by atoms with E-state index >= 15 is 0 Å². The fraction of sp³-hybridized carbons (Fsp3) is 0.474. The van der Waals surface area contributed by atoms with Gasteiger partial charge in [0, 0.05) is 13.1 Å². The molecule has 1 saturated heterocycles. The van der Waals surface area contributed by atoms with Crippen LogP contribution >= 0.6 is 0 Å². The highest BCUT2D eigenvalue weighted by Gasteiger charge is 2.40. The van der Waals surface area contributed by atoms with Crippen molar-refractivity contribution < 1.29 is 18.0 Å². The van der Waals surface area contributed by atoms with Gasteiger partial charge in [0.2, 0.25) is 0 Å². The average Bonchev–Trinajstić information content (AvgIpc) is 3.08. The lowest BCUT2D eigenvalue weighted by Gasteiger charge is -2.26. The van der Waals surface area contributed by atoms with Crippen molar-refractivity contribution in [2.24, 2.45) is 0 Å². The number of alkyl halides is 3. The molecule has 0 aliphatic carbocycles. The average molecular weight is 380 g/mol. The molecule has 1 amide bonds. The number of amides is 1. The second kappa shape index (κ2) is 8.12. The number of nitrogens with one attached hydrogen (secondary N) is 1. The summed E-state index contributed by atoms with van der Waals surface area (Å²) in [6, 6.07) is 6.64. The van der Waals surface area contributed by atoms with Crippen molar-refractivity contribution in [1.29, 1.82) is 0 Å². The Balaban J connectivity index is 1.78. The Morgan fingerprint density at radius 1 is 1.19 bits per heavy atom. The molecule has 0 bridgehead atoms. The van der Waals surface area contributed by atoms with Gasteiger partial charge in [-0.15, -0.1) is 0 Å². The Labute approximate surface area is 156 Å². The molecule has 0 unspecified atom stereocenters. The number of carbonyl (C=O) groups is 1. The quantitative estimate of drug-likeness (QED) is 0.865. The van der Waals surface area contributed by atoms with Crippen LogP contribution in [-0.2, 0) is 6.18 Å². The number of hydrogen-bond donors (Lipinski definition) is 1. The van der Waals surface area contributed by atoms with E-state index in [1.165, 1.54) is 6.42 Å². The molecule has 3 rings (SSSR count). The third-order valence-electron chi connectivity index (χ3n) is 4.79. The van der Waals surface area contributed by atoms with Crippen LogP contribution in [-0.4, -0.2) is 46.8 Å². The van der Waals surface area contributed by atoms with Gasteiger partial charge in [-0.05, 0) is 44.5 Å². The summed E-state index contributed by atoms with van der Waals surface area (Å²) in [6.45, 7) is 4.59. The van der Waals surface area contributed by atoms with E-state index < -0.39 is 23.3 Å². The van der Waals surface area contributed by atoms with Gasteiger partial charge in [0.05, 0.1) is 17.4 Å². The van der Waals surface area contributed by atoms with Crippen molar-refractivity contribution in [3.63, 3.8) is 0 Å². The number of piperidine rings is 1. The molecule has 1 N–H and O–H groups in total. The van der Waals surface area contributed by atoms with Gasteiger partial charge in [-0.25, -0.2) is 4.68 Å². The number of nitrogens with zero attached hydrogens (tertiary/aromatic N) is 3. The van der Waals surface area contributed by atoms with E-state index in [4.69, 9.17) is 0 Å². The lowest BCUT2D eigenvalue weighted by Crippen LogP contribution is -2.38. The highest BCUT2D eigenvalue weighted by Crippen LogP contribution is 2.34. The first-order valence-corrected chi connectivity index (χ1v) is 9.09. The summed E-state index contributed by atoms with van der Waals surface area (Å²) in [5.41, 5.74) is -0.558. The zero-order valence-electron chi connectivity index (χ0n) is 15.2. The van der Waals surface area contributed by atoms with Crippen LogP contribution < -0.4 is 5.32 Å². The van der Waals surface area contributed by atoms with Crippen molar-refractivity contribution in [2.75, 3.05) is 26.2 Å². The lowest BCUT2D eigenvalue weighted by atomic mass is 10.1. The van der Waals surface area contributed by atoms with Crippen LogP contribution in [0.15, 0.2) is 30.5 Å². The molecule has 8 heteroatoms. The second-order valence-electron chi connectivity index (χ2n) is 6.76. The van der Waals surface area contributed by atoms with E-state index in [0.717, 1.165) is 36.8 Å². The van der Waals surface area contributed by atoms with E-state index in [9.17, 15) is 18.0 Å². The largest absolute Gasteiger partial charge is 0.434 e. The van der Waals surface area contributed by atoms with E-state index in [1.54, 1.807) is 31.2 Å². The molecule has 5 nitrogen and oxygen atoms in total. The van der Waals surface area contributed by atoms with Crippen LogP contribution in [0.3, 0.4) is 0 Å². The molecule has 1 fully saturated rings. The minimum Gasteiger partial charge on any atom is -0.351 e. The zero-order chi connectivity index (χ0) is 19.4. The first-order valence-electron chi connectivity index (χ1n) is 9.09. The molecule has 0 atom stereocenters. The Hall–Kier alpha value is -2.35. The molecule has 2 heterocycles. The molecule has 1 aliphatic rings. The highest BCUT2D eigenvalue weighted by atomic mass is 19.4. The molecule has 1 aromatic heterocycles. The maximum atomic E-state index is 13.7. The van der Waals surface area contributed by atoms with Crippen molar-refractivity contribution in [3.8, 4) is 5.69 Å². The lowest BCUT2D eigenvalue weighted by molar-refractivity contribution is -0.143. The van der Waals surface area contributed by atoms with Gasteiger partial charge in [-0.3, -0.25) is 4.79 Å². The molecule has 27 heavy (non-hydrogen) atoms. The second-order valence-corrected chi connectivity index (χ2v) is 6.76. The number of rotatable bonds is 5. The van der Waals surface area contributed by atoms with Crippen LogP contribution in [0.25, 0.3) is 5.69 Å². The molecule has 0 saturated carbocycles. The number of benzene rings is 1. The highest BCUT2D eigenvalue weighted by molar-refractivity contribution is 5.95. The Morgan fingerprint density at radius 3 is 2.56 bits per heavy atom. The van der Waals surface area contributed by atoms with Gasteiger partial charge in [0.25, 0.3) is 5.91 Å². The maximum Gasteiger partial charge on any atom is 0.434 e. The van der Waals surface area contributed by atoms with E-state index in [1.807, 2.05) is 0 Å². The third kappa shape index (κ3) is 4.50. The Morgan fingerprint density at radius 2 is 1.89 bits per heavy atom. The van der Waals surface area contributed by atoms with Gasteiger partial charge in [-0.1, -0.05) is 24.6 Å². The number of aryl methyl sites for hydroxylation is 1. The van der Waals surface area contributed by atoms with E-state index in [2.05, 4.69) is 15.3 Å². The SMILES string of the molecule is Cc1ccccc1-n1ncc(C(=O)NCCN2CCCCC2)c1C(F)(F)F. The summed E-state index contributed by atoms with van der Waals surface area (Å²) in [5, 5.41) is 6.46. The topological polar surface area (TPSA) is 50.2 Å². The van der Waals surface area contributed by atoms with Crippen molar-refractivity contribution in [3.05, 3.63) is 47.3 Å². The summed E-state index contributed by atoms with van der Waals surface area (Å²) in [7, 11) is 0. The predicted molar refractivity (Wildman–Crippen MR) is 95.9 cm³/mol. The maximum absolute atomic E-state index is 13.7. The molecule has 146 valence electrons. The molecule has 0 spiro atoms. The summed E-state index contributed by atoms with van der Waals surface area (Å²) in [6.07, 6.45) is -0.259. The fourth-order valence-corrected chi connectivity index (χ4v) is 3.38. The van der Waals surface area contributed by atoms with Gasteiger partial charge >= 0.3 is 6.18 Å². The van der Waals surface area contributed by atoms with Crippen molar-refractivity contribution in [1.82, 2.24) is 20.0 Å². The van der Waals surface area contributed by atoms with E-state index in [0.29, 0.717) is 24.3 Å². The summed E-state index contributed by atoms with van der Waals surface area (Å²) in [5.74, 6) is -0.751. The first kappa shape index (κ1) is 19.4. The Bertz CT molecular complexity index is 794. The van der Waals surface area contributed by atoms with Gasteiger partial charge < -0.3 is 10.2 Å². The van der Waals surface area contributed by atoms with Gasteiger partial charge in [-0.2, -0.15) is 18.3 Å². The number of aromatic nitrogens is 2. The molecule has 2 aromatic rings. The zero-order valence-corrected chi connectivity index (χ0v) is 15.2. The first-order chi connectivity index (χ1) is 12.9. The number of likely N-dealkylation sites (tertiary alicyclic amines) is 1. The van der Waals surface area contributed by atoms with Gasteiger partial charge in [0.1, 0.15) is 0 Å². The normalized spacial score (nSPS) is 15.7. The predicted octanol–water partition coefficient (Wildman–Crippen LogP) is 3.42. The minimum absolute atomic E-state index is 0.303. The van der Waals surface area contributed by atoms with Crippen LogP contribution in [0, 0.1) is 6.92 Å². The summed E-state index contributed by atoms with van der Waals surface area (Å²) >= 11 is 0. The number of para-hydroxylation sites is 1. The Kier molecular flexibility index (Phi) is 5.84. The van der Waals surface area contributed by atoms with Crippen LogP contribution in [0.2, 0.25) is 0 Å². The van der Waals surface area contributed by atoms with Crippen molar-refractivity contribution >= 4 is 5.91 Å². The monoisotopic (exact) mass is 380 g/mol. The minimum atomic E-state index is -4.70. The summed E-state index contributed by atoms with van der Waals surface area (Å²) in [4.78, 5) is 14.6. The molecular weight excluding hydrogens is 357 g/mol. The van der Waals surface area contributed by atoms with Crippen LogP contribution in [0.1, 0.15) is 40.9 Å². The smallest absolute Gasteiger partial charge is 0.351 e.